The van der Waals surface area contributed by atoms with Crippen LogP contribution >= 0.6 is 11.6 Å². The molecule has 1 aromatic heterocycles. The molecule has 1 aliphatic carbocycles. The highest BCUT2D eigenvalue weighted by Gasteiger charge is 2.29. The number of nitrogens with zero attached hydrogens (tertiary/aromatic N) is 2. The lowest BCUT2D eigenvalue weighted by Crippen LogP contribution is -2.29. The van der Waals surface area contributed by atoms with Gasteiger partial charge in [0.05, 0.1) is 22.8 Å². The molecule has 0 atom stereocenters. The van der Waals surface area contributed by atoms with Crippen LogP contribution in [0.5, 0.6) is 0 Å². The number of halogens is 1. The van der Waals surface area contributed by atoms with Crippen LogP contribution in [0.25, 0.3) is 10.9 Å². The van der Waals surface area contributed by atoms with Gasteiger partial charge in [-0.05, 0) is 31.4 Å². The van der Waals surface area contributed by atoms with Gasteiger partial charge in [-0.15, -0.1) is 0 Å². The van der Waals surface area contributed by atoms with Gasteiger partial charge in [0, 0.05) is 24.5 Å². The van der Waals surface area contributed by atoms with E-state index in [1.807, 2.05) is 25.1 Å². The Morgan fingerprint density at radius 1 is 1.35 bits per heavy atom. The summed E-state index contributed by atoms with van der Waals surface area (Å²) in [6.07, 6.45) is 2.42. The van der Waals surface area contributed by atoms with Crippen molar-refractivity contribution in [2.45, 2.75) is 32.4 Å². The highest BCUT2D eigenvalue weighted by molar-refractivity contribution is 6.32. The number of aliphatic hydroxyl groups is 1. The lowest BCUT2D eigenvalue weighted by Gasteiger charge is -2.21. The van der Waals surface area contributed by atoms with Gasteiger partial charge in [-0.3, -0.25) is 4.90 Å². The van der Waals surface area contributed by atoms with Crippen LogP contribution in [0.3, 0.4) is 0 Å². The van der Waals surface area contributed by atoms with E-state index >= 15 is 0 Å². The number of aromatic nitrogens is 1. The average molecular weight is 291 g/mol. The summed E-state index contributed by atoms with van der Waals surface area (Å²) in [5, 5.41) is 11.1. The van der Waals surface area contributed by atoms with Crippen LogP contribution in [0.2, 0.25) is 5.02 Å². The summed E-state index contributed by atoms with van der Waals surface area (Å²) in [4.78, 5) is 6.99. The lowest BCUT2D eigenvalue weighted by molar-refractivity contribution is 0.182. The van der Waals surface area contributed by atoms with E-state index in [9.17, 15) is 5.11 Å². The van der Waals surface area contributed by atoms with Gasteiger partial charge in [0.1, 0.15) is 0 Å². The predicted molar refractivity (Wildman–Crippen MR) is 82.0 cm³/mol. The molecule has 0 bridgehead atoms. The first kappa shape index (κ1) is 13.8. The molecule has 1 aliphatic rings. The highest BCUT2D eigenvalue weighted by atomic mass is 35.5. The number of fused-ring (bicyclic) bond motifs is 1. The van der Waals surface area contributed by atoms with Crippen molar-refractivity contribution in [2.24, 2.45) is 0 Å². The molecular formula is C16H19ClN2O. The Balaban J connectivity index is 1.96. The Hall–Kier alpha value is -1.16. The predicted octanol–water partition coefficient (Wildman–Crippen LogP) is 3.15. The van der Waals surface area contributed by atoms with Crippen LogP contribution in [-0.4, -0.2) is 34.2 Å². The molecule has 1 fully saturated rings. The summed E-state index contributed by atoms with van der Waals surface area (Å²) in [6, 6.07) is 8.68. The summed E-state index contributed by atoms with van der Waals surface area (Å²) < 4.78 is 0. The van der Waals surface area contributed by atoms with Crippen LogP contribution < -0.4 is 0 Å². The van der Waals surface area contributed by atoms with Crippen molar-refractivity contribution in [1.82, 2.24) is 9.88 Å². The summed E-state index contributed by atoms with van der Waals surface area (Å²) in [5.41, 5.74) is 3.00. The van der Waals surface area contributed by atoms with Crippen molar-refractivity contribution in [1.29, 1.82) is 0 Å². The van der Waals surface area contributed by atoms with Crippen molar-refractivity contribution in [3.05, 3.63) is 40.5 Å². The molecule has 0 unspecified atom stereocenters. The SMILES string of the molecule is Cc1c(Cl)c(CN(CCO)C2CC2)nc2ccccc12. The zero-order valence-corrected chi connectivity index (χ0v) is 12.4. The first-order chi connectivity index (χ1) is 9.70. The van der Waals surface area contributed by atoms with Crippen molar-refractivity contribution in [3.8, 4) is 0 Å². The van der Waals surface area contributed by atoms with Crippen LogP contribution in [-0.2, 0) is 6.54 Å². The third-order valence-electron chi connectivity index (χ3n) is 3.95. The summed E-state index contributed by atoms with van der Waals surface area (Å²) >= 11 is 6.49. The molecule has 20 heavy (non-hydrogen) atoms. The number of hydrogen-bond donors (Lipinski definition) is 1. The Morgan fingerprint density at radius 3 is 2.80 bits per heavy atom. The molecule has 0 aliphatic heterocycles. The Kier molecular flexibility index (Phi) is 3.92. The second kappa shape index (κ2) is 5.68. The summed E-state index contributed by atoms with van der Waals surface area (Å²) in [7, 11) is 0. The van der Waals surface area contributed by atoms with Gasteiger partial charge in [-0.2, -0.15) is 0 Å². The van der Waals surface area contributed by atoms with E-state index in [2.05, 4.69) is 11.0 Å². The summed E-state index contributed by atoms with van der Waals surface area (Å²) in [6.45, 7) is 3.63. The van der Waals surface area contributed by atoms with Crippen molar-refractivity contribution < 1.29 is 5.11 Å². The van der Waals surface area contributed by atoms with E-state index in [4.69, 9.17) is 16.6 Å². The zero-order chi connectivity index (χ0) is 14.1. The monoisotopic (exact) mass is 290 g/mol. The molecule has 3 nitrogen and oxygen atoms in total. The molecular weight excluding hydrogens is 272 g/mol. The molecule has 2 aromatic rings. The van der Waals surface area contributed by atoms with Crippen LogP contribution in [0, 0.1) is 6.92 Å². The maximum absolute atomic E-state index is 9.19. The minimum atomic E-state index is 0.181. The fourth-order valence-electron chi connectivity index (χ4n) is 2.67. The Morgan fingerprint density at radius 2 is 2.10 bits per heavy atom. The number of para-hydroxylation sites is 1. The van der Waals surface area contributed by atoms with Crippen molar-refractivity contribution >= 4 is 22.5 Å². The molecule has 0 spiro atoms. The first-order valence-electron chi connectivity index (χ1n) is 7.09. The van der Waals surface area contributed by atoms with Gasteiger partial charge in [0.2, 0.25) is 0 Å². The quantitative estimate of drug-likeness (QED) is 0.919. The molecule has 1 aromatic carbocycles. The summed E-state index contributed by atoms with van der Waals surface area (Å²) in [5.74, 6) is 0. The Bertz CT molecular complexity index is 625. The maximum Gasteiger partial charge on any atom is 0.0740 e. The van der Waals surface area contributed by atoms with Crippen LogP contribution in [0.15, 0.2) is 24.3 Å². The van der Waals surface area contributed by atoms with Crippen LogP contribution in [0.1, 0.15) is 24.1 Å². The smallest absolute Gasteiger partial charge is 0.0740 e. The minimum absolute atomic E-state index is 0.181. The lowest BCUT2D eigenvalue weighted by atomic mass is 10.1. The van der Waals surface area contributed by atoms with E-state index in [1.165, 1.54) is 12.8 Å². The van der Waals surface area contributed by atoms with Crippen molar-refractivity contribution in [2.75, 3.05) is 13.2 Å². The van der Waals surface area contributed by atoms with Gasteiger partial charge in [-0.25, -0.2) is 4.98 Å². The topological polar surface area (TPSA) is 36.4 Å². The number of benzene rings is 1. The average Bonchev–Trinajstić information content (AvgIpc) is 3.28. The molecule has 4 heteroatoms. The number of rotatable bonds is 5. The largest absolute Gasteiger partial charge is 0.395 e. The van der Waals surface area contributed by atoms with E-state index in [0.29, 0.717) is 12.6 Å². The van der Waals surface area contributed by atoms with E-state index in [1.54, 1.807) is 0 Å². The second-order valence-electron chi connectivity index (χ2n) is 5.44. The molecule has 1 N–H and O–H groups in total. The number of aliphatic hydroxyl groups excluding tert-OH is 1. The third-order valence-corrected chi connectivity index (χ3v) is 4.45. The van der Waals surface area contributed by atoms with Crippen molar-refractivity contribution in [3.63, 3.8) is 0 Å². The molecule has 1 saturated carbocycles. The normalized spacial score (nSPS) is 15.2. The number of pyridine rings is 1. The van der Waals surface area contributed by atoms with Crippen LogP contribution in [0.4, 0.5) is 0 Å². The molecule has 3 rings (SSSR count). The number of hydrogen-bond acceptors (Lipinski definition) is 3. The fourth-order valence-corrected chi connectivity index (χ4v) is 2.88. The van der Waals surface area contributed by atoms with Gasteiger partial charge in [0.25, 0.3) is 0 Å². The van der Waals surface area contributed by atoms with Gasteiger partial charge in [0.15, 0.2) is 0 Å². The molecule has 0 saturated heterocycles. The van der Waals surface area contributed by atoms with E-state index in [-0.39, 0.29) is 6.61 Å². The number of aryl methyl sites for hydroxylation is 1. The second-order valence-corrected chi connectivity index (χ2v) is 5.82. The molecule has 1 heterocycles. The highest BCUT2D eigenvalue weighted by Crippen LogP contribution is 2.31. The van der Waals surface area contributed by atoms with E-state index < -0.39 is 0 Å². The first-order valence-corrected chi connectivity index (χ1v) is 7.47. The molecule has 0 amide bonds. The molecule has 0 radical (unpaired) electrons. The zero-order valence-electron chi connectivity index (χ0n) is 11.6. The van der Waals surface area contributed by atoms with Gasteiger partial charge in [-0.1, -0.05) is 29.8 Å². The van der Waals surface area contributed by atoms with Gasteiger partial charge >= 0.3 is 0 Å². The molecule has 106 valence electrons. The standard InChI is InChI=1S/C16H19ClN2O/c1-11-13-4-2-3-5-14(13)18-15(16(11)17)10-19(8-9-20)12-6-7-12/h2-5,12,20H,6-10H2,1H3. The Labute approximate surface area is 124 Å². The maximum atomic E-state index is 9.19. The minimum Gasteiger partial charge on any atom is -0.395 e. The third kappa shape index (κ3) is 2.66. The van der Waals surface area contributed by atoms with Gasteiger partial charge < -0.3 is 5.11 Å². The van der Waals surface area contributed by atoms with E-state index in [0.717, 1.165) is 33.7 Å². The fraction of sp³-hybridized carbons (Fsp3) is 0.438.